The van der Waals surface area contributed by atoms with Gasteiger partial charge in [0.2, 0.25) is 5.91 Å². The highest BCUT2D eigenvalue weighted by Crippen LogP contribution is 2.22. The number of hydrogen-bond acceptors (Lipinski definition) is 2. The molecule has 0 aromatic heterocycles. The molecule has 0 saturated carbocycles. The Morgan fingerprint density at radius 3 is 2.78 bits per heavy atom. The number of nitrogens with two attached hydrogens (primary N) is 1. The van der Waals surface area contributed by atoms with Crippen LogP contribution >= 0.6 is 0 Å². The SMILES string of the molecule is CC(C)(N)CNC(=O)Cc1ccc2c(c1)CCC2. The lowest BCUT2D eigenvalue weighted by molar-refractivity contribution is -0.120. The predicted molar refractivity (Wildman–Crippen MR) is 73.4 cm³/mol. The first-order chi connectivity index (χ1) is 8.44. The molecule has 2 rings (SSSR count). The largest absolute Gasteiger partial charge is 0.354 e. The Kier molecular flexibility index (Phi) is 3.71. The van der Waals surface area contributed by atoms with Gasteiger partial charge in [-0.25, -0.2) is 0 Å². The third kappa shape index (κ3) is 3.57. The van der Waals surface area contributed by atoms with Gasteiger partial charge in [0, 0.05) is 12.1 Å². The molecule has 0 unspecified atom stereocenters. The van der Waals surface area contributed by atoms with Gasteiger partial charge in [-0.3, -0.25) is 4.79 Å². The summed E-state index contributed by atoms with van der Waals surface area (Å²) in [6, 6.07) is 6.41. The quantitative estimate of drug-likeness (QED) is 0.847. The number of amides is 1. The Hall–Kier alpha value is -1.35. The van der Waals surface area contributed by atoms with Crippen molar-refractivity contribution in [1.82, 2.24) is 5.32 Å². The monoisotopic (exact) mass is 246 g/mol. The lowest BCUT2D eigenvalue weighted by Gasteiger charge is -2.18. The van der Waals surface area contributed by atoms with E-state index in [1.807, 2.05) is 13.8 Å². The zero-order valence-electron chi connectivity index (χ0n) is 11.3. The third-order valence-corrected chi connectivity index (χ3v) is 3.27. The van der Waals surface area contributed by atoms with E-state index in [9.17, 15) is 4.79 Å². The molecular weight excluding hydrogens is 224 g/mol. The van der Waals surface area contributed by atoms with E-state index in [4.69, 9.17) is 5.73 Å². The molecule has 1 aliphatic rings. The Bertz CT molecular complexity index is 446. The van der Waals surface area contributed by atoms with Gasteiger partial charge in [0.15, 0.2) is 0 Å². The third-order valence-electron chi connectivity index (χ3n) is 3.27. The van der Waals surface area contributed by atoms with E-state index in [1.54, 1.807) is 0 Å². The van der Waals surface area contributed by atoms with Gasteiger partial charge in [-0.05, 0) is 49.8 Å². The van der Waals surface area contributed by atoms with Crippen LogP contribution in [-0.2, 0) is 24.1 Å². The van der Waals surface area contributed by atoms with Crippen molar-refractivity contribution in [3.05, 3.63) is 34.9 Å². The Morgan fingerprint density at radius 1 is 1.33 bits per heavy atom. The maximum atomic E-state index is 11.8. The maximum absolute atomic E-state index is 11.8. The Labute approximate surface area is 109 Å². The van der Waals surface area contributed by atoms with Crippen LogP contribution in [0.25, 0.3) is 0 Å². The van der Waals surface area contributed by atoms with Gasteiger partial charge in [-0.15, -0.1) is 0 Å². The molecule has 98 valence electrons. The van der Waals surface area contributed by atoms with Gasteiger partial charge in [0.05, 0.1) is 6.42 Å². The summed E-state index contributed by atoms with van der Waals surface area (Å²) >= 11 is 0. The van der Waals surface area contributed by atoms with Gasteiger partial charge in [-0.1, -0.05) is 18.2 Å². The van der Waals surface area contributed by atoms with Crippen LogP contribution in [0.5, 0.6) is 0 Å². The number of carbonyl (C=O) groups is 1. The van der Waals surface area contributed by atoms with Crippen LogP contribution in [0, 0.1) is 0 Å². The second kappa shape index (κ2) is 5.11. The molecule has 0 radical (unpaired) electrons. The van der Waals surface area contributed by atoms with Gasteiger partial charge in [0.1, 0.15) is 0 Å². The summed E-state index contributed by atoms with van der Waals surface area (Å²) < 4.78 is 0. The normalized spacial score (nSPS) is 14.4. The van der Waals surface area contributed by atoms with E-state index in [2.05, 4.69) is 23.5 Å². The molecule has 0 spiro atoms. The van der Waals surface area contributed by atoms with Crippen molar-refractivity contribution >= 4 is 5.91 Å². The Morgan fingerprint density at radius 2 is 2.06 bits per heavy atom. The van der Waals surface area contributed by atoms with E-state index in [1.165, 1.54) is 24.0 Å². The minimum atomic E-state index is -0.354. The smallest absolute Gasteiger partial charge is 0.224 e. The van der Waals surface area contributed by atoms with Crippen LogP contribution in [-0.4, -0.2) is 18.0 Å². The zero-order chi connectivity index (χ0) is 13.2. The molecule has 3 N–H and O–H groups in total. The second-order valence-corrected chi connectivity index (χ2v) is 5.90. The summed E-state index contributed by atoms with van der Waals surface area (Å²) in [6.45, 7) is 4.32. The zero-order valence-corrected chi connectivity index (χ0v) is 11.3. The molecule has 0 heterocycles. The first kappa shape index (κ1) is 13.1. The van der Waals surface area contributed by atoms with Crippen molar-refractivity contribution in [2.75, 3.05) is 6.54 Å². The average molecular weight is 246 g/mol. The molecule has 0 bridgehead atoms. The van der Waals surface area contributed by atoms with Crippen LogP contribution in [0.15, 0.2) is 18.2 Å². The molecule has 0 saturated heterocycles. The van der Waals surface area contributed by atoms with Crippen LogP contribution < -0.4 is 11.1 Å². The fourth-order valence-electron chi connectivity index (χ4n) is 2.31. The summed E-state index contributed by atoms with van der Waals surface area (Å²) in [7, 11) is 0. The fraction of sp³-hybridized carbons (Fsp3) is 0.533. The van der Waals surface area contributed by atoms with Gasteiger partial charge in [0.25, 0.3) is 0 Å². The maximum Gasteiger partial charge on any atom is 0.224 e. The molecule has 1 aromatic rings. The summed E-state index contributed by atoms with van der Waals surface area (Å²) in [6.07, 6.45) is 4.03. The number of fused-ring (bicyclic) bond motifs is 1. The summed E-state index contributed by atoms with van der Waals surface area (Å²) in [4.78, 5) is 11.8. The summed E-state index contributed by atoms with van der Waals surface area (Å²) in [5, 5.41) is 2.87. The van der Waals surface area contributed by atoms with E-state index < -0.39 is 0 Å². The molecule has 1 aliphatic carbocycles. The highest BCUT2D eigenvalue weighted by atomic mass is 16.1. The molecule has 18 heavy (non-hydrogen) atoms. The second-order valence-electron chi connectivity index (χ2n) is 5.90. The standard InChI is InChI=1S/C15H22N2O/c1-15(2,16)10-17-14(18)9-11-6-7-12-4-3-5-13(12)8-11/h6-8H,3-5,9-10,16H2,1-2H3,(H,17,18). The minimum absolute atomic E-state index is 0.0477. The van der Waals surface area contributed by atoms with Crippen molar-refractivity contribution in [1.29, 1.82) is 0 Å². The highest BCUT2D eigenvalue weighted by Gasteiger charge is 2.14. The average Bonchev–Trinajstić information content (AvgIpc) is 2.72. The number of aryl methyl sites for hydroxylation is 2. The van der Waals surface area contributed by atoms with Crippen molar-refractivity contribution in [2.45, 2.75) is 45.1 Å². The van der Waals surface area contributed by atoms with E-state index in [0.717, 1.165) is 12.0 Å². The number of hydrogen-bond donors (Lipinski definition) is 2. The van der Waals surface area contributed by atoms with Crippen molar-refractivity contribution in [3.63, 3.8) is 0 Å². The van der Waals surface area contributed by atoms with E-state index in [-0.39, 0.29) is 11.4 Å². The fourth-order valence-corrected chi connectivity index (χ4v) is 2.31. The molecule has 3 heteroatoms. The predicted octanol–water partition coefficient (Wildman–Crippen LogP) is 1.57. The van der Waals surface area contributed by atoms with Crippen LogP contribution in [0.1, 0.15) is 37.0 Å². The highest BCUT2D eigenvalue weighted by molar-refractivity contribution is 5.78. The van der Waals surface area contributed by atoms with Crippen molar-refractivity contribution < 1.29 is 4.79 Å². The number of nitrogens with one attached hydrogen (secondary N) is 1. The molecule has 1 aromatic carbocycles. The molecule has 0 atom stereocenters. The first-order valence-electron chi connectivity index (χ1n) is 6.60. The summed E-state index contributed by atoms with van der Waals surface area (Å²) in [5.74, 6) is 0.0477. The van der Waals surface area contributed by atoms with Gasteiger partial charge in [-0.2, -0.15) is 0 Å². The minimum Gasteiger partial charge on any atom is -0.354 e. The van der Waals surface area contributed by atoms with Crippen LogP contribution in [0.3, 0.4) is 0 Å². The molecule has 0 fully saturated rings. The molecule has 1 amide bonds. The topological polar surface area (TPSA) is 55.1 Å². The molecule has 3 nitrogen and oxygen atoms in total. The summed E-state index contributed by atoms with van der Waals surface area (Å²) in [5.41, 5.74) is 9.45. The lowest BCUT2D eigenvalue weighted by atomic mass is 10.0. The van der Waals surface area contributed by atoms with Gasteiger partial charge < -0.3 is 11.1 Å². The van der Waals surface area contributed by atoms with Crippen LogP contribution in [0.2, 0.25) is 0 Å². The van der Waals surface area contributed by atoms with E-state index in [0.29, 0.717) is 13.0 Å². The van der Waals surface area contributed by atoms with Crippen LogP contribution in [0.4, 0.5) is 0 Å². The van der Waals surface area contributed by atoms with Gasteiger partial charge >= 0.3 is 0 Å². The number of carbonyl (C=O) groups excluding carboxylic acids is 1. The van der Waals surface area contributed by atoms with Crippen molar-refractivity contribution in [2.24, 2.45) is 5.73 Å². The Balaban J connectivity index is 1.91. The number of rotatable bonds is 4. The van der Waals surface area contributed by atoms with E-state index >= 15 is 0 Å². The number of benzene rings is 1. The molecular formula is C15H22N2O. The van der Waals surface area contributed by atoms with Crippen molar-refractivity contribution in [3.8, 4) is 0 Å². The molecule has 0 aliphatic heterocycles. The first-order valence-corrected chi connectivity index (χ1v) is 6.60. The lowest BCUT2D eigenvalue weighted by Crippen LogP contribution is -2.45.